The third-order valence-electron chi connectivity index (χ3n) is 3.47. The summed E-state index contributed by atoms with van der Waals surface area (Å²) >= 11 is 6.08. The molecule has 3 nitrogen and oxygen atoms in total. The van der Waals surface area contributed by atoms with Crippen molar-refractivity contribution in [2.75, 3.05) is 6.61 Å². The molecule has 0 fully saturated rings. The third kappa shape index (κ3) is 3.03. The fourth-order valence-electron chi connectivity index (χ4n) is 2.43. The summed E-state index contributed by atoms with van der Waals surface area (Å²) in [6.45, 7) is 2.49. The van der Waals surface area contributed by atoms with Gasteiger partial charge in [-0.25, -0.2) is 0 Å². The van der Waals surface area contributed by atoms with E-state index in [-0.39, 0.29) is 6.10 Å². The van der Waals surface area contributed by atoms with Crippen molar-refractivity contribution in [3.63, 3.8) is 0 Å². The molecule has 108 valence electrons. The van der Waals surface area contributed by atoms with E-state index in [0.29, 0.717) is 22.9 Å². The average molecular weight is 303 g/mol. The van der Waals surface area contributed by atoms with E-state index in [4.69, 9.17) is 21.1 Å². The van der Waals surface area contributed by atoms with Crippen LogP contribution in [-0.2, 0) is 6.42 Å². The van der Waals surface area contributed by atoms with Crippen molar-refractivity contribution in [3.05, 3.63) is 58.1 Å². The Bertz CT molecular complexity index is 682. The second-order valence-electron chi connectivity index (χ2n) is 5.17. The van der Waals surface area contributed by atoms with Crippen molar-refractivity contribution in [2.24, 2.45) is 0 Å². The van der Waals surface area contributed by atoms with Crippen molar-refractivity contribution in [3.8, 4) is 11.5 Å². The first-order valence-corrected chi connectivity index (χ1v) is 7.17. The van der Waals surface area contributed by atoms with Gasteiger partial charge in [0.15, 0.2) is 0 Å². The largest absolute Gasteiger partial charge is 0.488 e. The van der Waals surface area contributed by atoms with Crippen LogP contribution in [0, 0.1) is 6.92 Å². The number of fused-ring (bicyclic) bond motifs is 1. The van der Waals surface area contributed by atoms with Gasteiger partial charge in [-0.15, -0.1) is 0 Å². The molecule has 1 atom stereocenters. The molecule has 21 heavy (non-hydrogen) atoms. The minimum atomic E-state index is -0.0105. The Hall–Kier alpha value is -2.00. The molecule has 0 N–H and O–H groups in total. The monoisotopic (exact) mass is 302 g/mol. The topological polar surface area (TPSA) is 35.5 Å². The van der Waals surface area contributed by atoms with Gasteiger partial charge in [0.25, 0.3) is 0 Å². The molecule has 1 aliphatic heterocycles. The van der Waals surface area contributed by atoms with E-state index in [1.54, 1.807) is 18.2 Å². The third-order valence-corrected chi connectivity index (χ3v) is 3.77. The van der Waals surface area contributed by atoms with Crippen LogP contribution in [0.4, 0.5) is 0 Å². The zero-order chi connectivity index (χ0) is 14.8. The van der Waals surface area contributed by atoms with Crippen LogP contribution in [-0.4, -0.2) is 19.0 Å². The van der Waals surface area contributed by atoms with Crippen molar-refractivity contribution < 1.29 is 14.3 Å². The maximum absolute atomic E-state index is 10.7. The van der Waals surface area contributed by atoms with Crippen molar-refractivity contribution in [2.45, 2.75) is 19.4 Å². The molecule has 1 heterocycles. The summed E-state index contributed by atoms with van der Waals surface area (Å²) in [5.41, 5.74) is 2.98. The van der Waals surface area contributed by atoms with Crippen LogP contribution >= 0.6 is 11.6 Å². The van der Waals surface area contributed by atoms with Gasteiger partial charge in [-0.3, -0.25) is 4.79 Å². The van der Waals surface area contributed by atoms with Crippen LogP contribution in [0.2, 0.25) is 5.02 Å². The van der Waals surface area contributed by atoms with Crippen molar-refractivity contribution in [1.29, 1.82) is 0 Å². The fraction of sp³-hybridized carbons (Fsp3) is 0.235. The van der Waals surface area contributed by atoms with Gasteiger partial charge in [0.05, 0.1) is 5.02 Å². The number of aryl methyl sites for hydroxylation is 1. The van der Waals surface area contributed by atoms with Gasteiger partial charge < -0.3 is 9.47 Å². The number of hydrogen-bond acceptors (Lipinski definition) is 3. The van der Waals surface area contributed by atoms with Crippen LogP contribution in [0.3, 0.4) is 0 Å². The highest BCUT2D eigenvalue weighted by atomic mass is 35.5. The fourth-order valence-corrected chi connectivity index (χ4v) is 2.68. The molecule has 0 spiro atoms. The highest BCUT2D eigenvalue weighted by molar-refractivity contribution is 6.32. The molecule has 2 aromatic rings. The summed E-state index contributed by atoms with van der Waals surface area (Å²) in [6, 6.07) is 11.2. The number of carbonyl (C=O) groups is 1. The van der Waals surface area contributed by atoms with E-state index in [1.165, 1.54) is 11.1 Å². The average Bonchev–Trinajstić information content (AvgIpc) is 2.87. The number of rotatable bonds is 4. The van der Waals surface area contributed by atoms with Gasteiger partial charge in [0.1, 0.15) is 30.5 Å². The number of ether oxygens (including phenoxy) is 2. The Morgan fingerprint density at radius 3 is 2.95 bits per heavy atom. The second-order valence-corrected chi connectivity index (χ2v) is 5.58. The first kappa shape index (κ1) is 14.0. The first-order valence-electron chi connectivity index (χ1n) is 6.79. The number of benzene rings is 2. The summed E-state index contributed by atoms with van der Waals surface area (Å²) < 4.78 is 11.6. The van der Waals surface area contributed by atoms with Crippen LogP contribution in [0.1, 0.15) is 21.5 Å². The van der Waals surface area contributed by atoms with Crippen LogP contribution in [0.25, 0.3) is 0 Å². The standard InChI is InChI=1S/C17H15ClO3/c1-11-2-4-16-13(6-11)8-14(21-16)10-20-17-5-3-12(9-19)7-15(17)18/h2-7,9,14H,8,10H2,1H3. The molecule has 0 radical (unpaired) electrons. The smallest absolute Gasteiger partial charge is 0.150 e. The molecule has 0 aliphatic carbocycles. The van der Waals surface area contributed by atoms with E-state index >= 15 is 0 Å². The predicted molar refractivity (Wildman–Crippen MR) is 81.6 cm³/mol. The summed E-state index contributed by atoms with van der Waals surface area (Å²) in [5, 5.41) is 0.436. The zero-order valence-corrected chi connectivity index (χ0v) is 12.4. The molecular formula is C17H15ClO3. The van der Waals surface area contributed by atoms with E-state index in [0.717, 1.165) is 18.5 Å². The zero-order valence-electron chi connectivity index (χ0n) is 11.6. The molecule has 2 aromatic carbocycles. The molecule has 3 rings (SSSR count). The molecule has 1 aliphatic rings. The molecule has 4 heteroatoms. The molecule has 0 saturated heterocycles. The molecule has 0 aromatic heterocycles. The van der Waals surface area contributed by atoms with Gasteiger partial charge in [-0.05, 0) is 36.8 Å². The van der Waals surface area contributed by atoms with Crippen LogP contribution in [0.5, 0.6) is 11.5 Å². The van der Waals surface area contributed by atoms with E-state index in [2.05, 4.69) is 13.0 Å². The Balaban J connectivity index is 1.63. The molecular weight excluding hydrogens is 288 g/mol. The Morgan fingerprint density at radius 2 is 2.19 bits per heavy atom. The number of carbonyl (C=O) groups excluding carboxylic acids is 1. The highest BCUT2D eigenvalue weighted by Crippen LogP contribution is 2.31. The molecule has 0 saturated carbocycles. The maximum Gasteiger partial charge on any atom is 0.150 e. The molecule has 0 bridgehead atoms. The normalized spacial score (nSPS) is 16.2. The summed E-state index contributed by atoms with van der Waals surface area (Å²) in [7, 11) is 0. The quantitative estimate of drug-likeness (QED) is 0.805. The minimum absolute atomic E-state index is 0.0105. The van der Waals surface area contributed by atoms with Gasteiger partial charge in [-0.2, -0.15) is 0 Å². The van der Waals surface area contributed by atoms with Crippen LogP contribution < -0.4 is 9.47 Å². The lowest BCUT2D eigenvalue weighted by Gasteiger charge is -2.13. The van der Waals surface area contributed by atoms with E-state index in [1.807, 2.05) is 12.1 Å². The SMILES string of the molecule is Cc1ccc2c(c1)CC(COc1ccc(C=O)cc1Cl)O2. The lowest BCUT2D eigenvalue weighted by molar-refractivity contribution is 0.112. The summed E-state index contributed by atoms with van der Waals surface area (Å²) in [6.07, 6.45) is 1.58. The van der Waals surface area contributed by atoms with Crippen LogP contribution in [0.15, 0.2) is 36.4 Å². The van der Waals surface area contributed by atoms with Gasteiger partial charge in [0.2, 0.25) is 0 Å². The highest BCUT2D eigenvalue weighted by Gasteiger charge is 2.23. The maximum atomic E-state index is 10.7. The Labute approximate surface area is 128 Å². The summed E-state index contributed by atoms with van der Waals surface area (Å²) in [4.78, 5) is 10.7. The number of aldehydes is 1. The van der Waals surface area contributed by atoms with Crippen molar-refractivity contribution in [1.82, 2.24) is 0 Å². The molecule has 1 unspecified atom stereocenters. The van der Waals surface area contributed by atoms with E-state index in [9.17, 15) is 4.79 Å². The van der Waals surface area contributed by atoms with E-state index < -0.39 is 0 Å². The Kier molecular flexibility index (Phi) is 3.84. The minimum Gasteiger partial charge on any atom is -0.488 e. The second kappa shape index (κ2) is 5.78. The molecule has 0 amide bonds. The lowest BCUT2D eigenvalue weighted by atomic mass is 10.1. The van der Waals surface area contributed by atoms with Gasteiger partial charge in [-0.1, -0.05) is 29.3 Å². The van der Waals surface area contributed by atoms with Gasteiger partial charge >= 0.3 is 0 Å². The summed E-state index contributed by atoms with van der Waals surface area (Å²) in [5.74, 6) is 1.50. The predicted octanol–water partition coefficient (Wildman–Crippen LogP) is 3.84. The Morgan fingerprint density at radius 1 is 1.33 bits per heavy atom. The number of halogens is 1. The van der Waals surface area contributed by atoms with Crippen molar-refractivity contribution >= 4 is 17.9 Å². The number of hydrogen-bond donors (Lipinski definition) is 0. The first-order chi connectivity index (χ1) is 10.2. The van der Waals surface area contributed by atoms with Gasteiger partial charge in [0, 0.05) is 12.0 Å². The lowest BCUT2D eigenvalue weighted by Crippen LogP contribution is -2.22.